The molecule has 1 N–H and O–H groups in total. The van der Waals surface area contributed by atoms with E-state index in [2.05, 4.69) is 4.98 Å². The van der Waals surface area contributed by atoms with Crippen LogP contribution in [0.4, 0.5) is 0 Å². The quantitative estimate of drug-likeness (QED) is 0.240. The van der Waals surface area contributed by atoms with E-state index in [4.69, 9.17) is 16.3 Å². The van der Waals surface area contributed by atoms with Gasteiger partial charge in [0, 0.05) is 33.3 Å². The number of ether oxygens (including phenoxy) is 1. The summed E-state index contributed by atoms with van der Waals surface area (Å²) in [6, 6.07) is 24.2. The van der Waals surface area contributed by atoms with Crippen molar-refractivity contribution in [2.24, 2.45) is 5.92 Å². The number of carboxylic acids is 2. The van der Waals surface area contributed by atoms with Crippen LogP contribution in [0.3, 0.4) is 0 Å². The zero-order chi connectivity index (χ0) is 27.8. The zero-order valence-electron chi connectivity index (χ0n) is 22.5. The van der Waals surface area contributed by atoms with Crippen LogP contribution in [0, 0.1) is 5.92 Å². The second kappa shape index (κ2) is 15.5. The number of rotatable bonds is 13. The number of aromatic nitrogens is 1. The number of halogens is 1. The Balaban J connectivity index is 0.00000441. The maximum Gasteiger partial charge on any atom is 1.00 e. The Morgan fingerprint density at radius 1 is 1.05 bits per heavy atom. The van der Waals surface area contributed by atoms with Crippen molar-refractivity contribution in [1.82, 2.24) is 4.98 Å². The van der Waals surface area contributed by atoms with Gasteiger partial charge in [0.1, 0.15) is 12.4 Å². The Morgan fingerprint density at radius 3 is 2.58 bits per heavy atom. The monoisotopic (exact) mass is 585 g/mol. The molecule has 1 aromatic heterocycles. The van der Waals surface area contributed by atoms with Crippen LogP contribution in [-0.4, -0.2) is 27.8 Å². The summed E-state index contributed by atoms with van der Waals surface area (Å²) in [6.07, 6.45) is 1.66. The molecule has 2 atom stereocenters. The summed E-state index contributed by atoms with van der Waals surface area (Å²) in [4.78, 5) is 27.9. The van der Waals surface area contributed by atoms with Gasteiger partial charge in [-0.25, -0.2) is 9.78 Å². The molecular formula is C31H29ClNNaO5S. The van der Waals surface area contributed by atoms with Crippen molar-refractivity contribution < 1.29 is 54.1 Å². The fraction of sp³-hybridized carbons (Fsp3) is 0.258. The molecule has 40 heavy (non-hydrogen) atoms. The second-order valence-electron chi connectivity index (χ2n) is 9.25. The van der Waals surface area contributed by atoms with Gasteiger partial charge in [-0.05, 0) is 66.8 Å². The maximum absolute atomic E-state index is 11.7. The Morgan fingerprint density at radius 2 is 1.82 bits per heavy atom. The van der Waals surface area contributed by atoms with Crippen molar-refractivity contribution in [2.75, 3.05) is 5.75 Å². The molecule has 0 saturated heterocycles. The smallest absolute Gasteiger partial charge is 0.550 e. The SMILES string of the molecule is CCC(CSC(CCc1ccccc1C(=O)O)c1cccc(OCc2ccc3ccc(Cl)cc3n2)c1)C(=O)[O-].[Na+]. The molecule has 9 heteroatoms. The Kier molecular flexibility index (Phi) is 12.3. The van der Waals surface area contributed by atoms with E-state index >= 15 is 0 Å². The van der Waals surface area contributed by atoms with Crippen LogP contribution in [0.2, 0.25) is 5.02 Å². The van der Waals surface area contributed by atoms with Crippen LogP contribution in [0.25, 0.3) is 10.9 Å². The standard InChI is InChI=1S/C31H30ClNO5S.Na/c1-2-20(30(34)35)19-39-29(15-12-21-6-3-4-9-27(21)31(36)37)23-7-5-8-26(16-23)38-18-25-14-11-22-10-13-24(32)17-28(22)33-25;/h3-11,13-14,16-17,20,29H,2,12,15,18-19H2,1H3,(H,34,35)(H,36,37);/q;+1/p-1. The number of aromatic carboxylic acids is 1. The van der Waals surface area contributed by atoms with Gasteiger partial charge in [0.15, 0.2) is 0 Å². The number of aryl methyl sites for hydroxylation is 1. The number of nitrogens with zero attached hydrogens (tertiary/aromatic N) is 1. The van der Waals surface area contributed by atoms with Crippen molar-refractivity contribution in [3.63, 3.8) is 0 Å². The molecule has 4 rings (SSSR count). The average molecular weight is 586 g/mol. The molecule has 0 aliphatic heterocycles. The van der Waals surface area contributed by atoms with Gasteiger partial charge >= 0.3 is 35.5 Å². The van der Waals surface area contributed by atoms with Crippen LogP contribution >= 0.6 is 23.4 Å². The molecule has 6 nitrogen and oxygen atoms in total. The molecule has 0 aliphatic rings. The Labute approximate surface area is 265 Å². The first-order valence-corrected chi connectivity index (χ1v) is 14.2. The van der Waals surface area contributed by atoms with E-state index in [9.17, 15) is 19.8 Å². The van der Waals surface area contributed by atoms with Gasteiger partial charge in [0.2, 0.25) is 0 Å². The molecule has 0 radical (unpaired) electrons. The van der Waals surface area contributed by atoms with Crippen LogP contribution in [0.15, 0.2) is 78.9 Å². The number of thioether (sulfide) groups is 1. The van der Waals surface area contributed by atoms with Crippen LogP contribution < -0.4 is 39.4 Å². The van der Waals surface area contributed by atoms with Crippen molar-refractivity contribution in [3.05, 3.63) is 106 Å². The first-order chi connectivity index (χ1) is 18.8. The number of carbonyl (C=O) groups excluding carboxylic acids is 1. The molecule has 0 bridgehead atoms. The van der Waals surface area contributed by atoms with E-state index in [1.54, 1.807) is 23.9 Å². The third-order valence-electron chi connectivity index (χ3n) is 6.58. The van der Waals surface area contributed by atoms with Crippen molar-refractivity contribution in [2.45, 2.75) is 38.0 Å². The molecule has 4 aromatic rings. The van der Waals surface area contributed by atoms with Crippen LogP contribution in [0.1, 0.15) is 52.2 Å². The summed E-state index contributed by atoms with van der Waals surface area (Å²) in [6.45, 7) is 2.11. The minimum absolute atomic E-state index is 0. The maximum atomic E-state index is 11.7. The summed E-state index contributed by atoms with van der Waals surface area (Å²) in [5, 5.41) is 22.7. The van der Waals surface area contributed by atoms with E-state index in [0.29, 0.717) is 35.8 Å². The zero-order valence-corrected chi connectivity index (χ0v) is 26.1. The van der Waals surface area contributed by atoms with Crippen molar-refractivity contribution in [1.29, 1.82) is 0 Å². The molecule has 0 saturated carbocycles. The number of benzene rings is 3. The molecule has 0 amide bonds. The molecule has 0 fully saturated rings. The fourth-order valence-electron chi connectivity index (χ4n) is 4.34. The van der Waals surface area contributed by atoms with E-state index < -0.39 is 17.9 Å². The molecule has 0 aliphatic carbocycles. The van der Waals surface area contributed by atoms with Crippen LogP contribution in [0.5, 0.6) is 5.75 Å². The molecule has 1 heterocycles. The van der Waals surface area contributed by atoms with Gasteiger partial charge < -0.3 is 19.7 Å². The third kappa shape index (κ3) is 8.72. The van der Waals surface area contributed by atoms with Gasteiger partial charge in [-0.1, -0.05) is 61.0 Å². The fourth-order valence-corrected chi connectivity index (χ4v) is 5.97. The van der Waals surface area contributed by atoms with Crippen LogP contribution in [-0.2, 0) is 17.8 Å². The molecule has 202 valence electrons. The molecule has 3 aromatic carbocycles. The minimum Gasteiger partial charge on any atom is -0.550 e. The number of pyridine rings is 1. The summed E-state index contributed by atoms with van der Waals surface area (Å²) in [7, 11) is 0. The first-order valence-electron chi connectivity index (χ1n) is 12.8. The first kappa shape index (κ1) is 32.0. The largest absolute Gasteiger partial charge is 1.00 e. The summed E-state index contributed by atoms with van der Waals surface area (Å²) in [5.74, 6) is -1.50. The summed E-state index contributed by atoms with van der Waals surface area (Å²) >= 11 is 7.66. The minimum atomic E-state index is -1.05. The predicted octanol–water partition coefficient (Wildman–Crippen LogP) is 3.35. The van der Waals surface area contributed by atoms with E-state index in [0.717, 1.165) is 27.7 Å². The topological polar surface area (TPSA) is 99.6 Å². The molecule has 0 spiro atoms. The molecule has 2 unspecified atom stereocenters. The Bertz CT molecular complexity index is 1470. The normalized spacial score (nSPS) is 12.3. The molecular weight excluding hydrogens is 557 g/mol. The number of fused-ring (bicyclic) bond motifs is 1. The third-order valence-corrected chi connectivity index (χ3v) is 8.32. The number of hydrogen-bond acceptors (Lipinski definition) is 6. The van der Waals surface area contributed by atoms with E-state index in [1.807, 2.05) is 73.7 Å². The van der Waals surface area contributed by atoms with Gasteiger partial charge in [-0.3, -0.25) is 0 Å². The predicted molar refractivity (Wildman–Crippen MR) is 153 cm³/mol. The Hall–Kier alpha value is -2.55. The number of carboxylic acid groups (broad SMARTS) is 2. The second-order valence-corrected chi connectivity index (χ2v) is 10.9. The van der Waals surface area contributed by atoms with E-state index in [1.165, 1.54) is 0 Å². The summed E-state index contributed by atoms with van der Waals surface area (Å²) in [5.41, 5.74) is 3.58. The average Bonchev–Trinajstić information content (AvgIpc) is 2.93. The number of aliphatic carboxylic acids is 1. The van der Waals surface area contributed by atoms with Gasteiger partial charge in [0.25, 0.3) is 0 Å². The number of hydrogen-bond donors (Lipinski definition) is 1. The van der Waals surface area contributed by atoms with Crippen molar-refractivity contribution >= 4 is 46.2 Å². The number of carbonyl (C=O) groups is 2. The van der Waals surface area contributed by atoms with Gasteiger partial charge in [0.05, 0.1) is 16.8 Å². The van der Waals surface area contributed by atoms with Gasteiger partial charge in [-0.2, -0.15) is 11.8 Å². The van der Waals surface area contributed by atoms with E-state index in [-0.39, 0.29) is 47.0 Å². The van der Waals surface area contributed by atoms with Gasteiger partial charge in [-0.15, -0.1) is 0 Å². The summed E-state index contributed by atoms with van der Waals surface area (Å²) < 4.78 is 6.07. The van der Waals surface area contributed by atoms with Crippen molar-refractivity contribution in [3.8, 4) is 5.75 Å².